The van der Waals surface area contributed by atoms with Crippen molar-refractivity contribution in [3.8, 4) is 0 Å². The second-order valence-corrected chi connectivity index (χ2v) is 7.09. The zero-order chi connectivity index (χ0) is 16.2. The molecule has 0 spiro atoms. The summed E-state index contributed by atoms with van der Waals surface area (Å²) >= 11 is 0. The molecule has 1 unspecified atom stereocenters. The molecule has 118 valence electrons. The van der Waals surface area contributed by atoms with Crippen LogP contribution in [0.5, 0.6) is 0 Å². The quantitative estimate of drug-likeness (QED) is 0.871. The highest BCUT2D eigenvalue weighted by Gasteiger charge is 2.33. The van der Waals surface area contributed by atoms with Gasteiger partial charge in [0.1, 0.15) is 5.60 Å². The molecule has 2 rings (SSSR count). The molecule has 0 aliphatic rings. The average molecular weight is 297 g/mol. The van der Waals surface area contributed by atoms with Crippen LogP contribution >= 0.6 is 0 Å². The van der Waals surface area contributed by atoms with Gasteiger partial charge in [-0.1, -0.05) is 60.7 Å². The maximum Gasteiger partial charge on any atom is 0.116 e. The van der Waals surface area contributed by atoms with Gasteiger partial charge >= 0.3 is 0 Å². The second kappa shape index (κ2) is 6.64. The molecule has 1 atom stereocenters. The van der Waals surface area contributed by atoms with E-state index in [4.69, 9.17) is 0 Å². The summed E-state index contributed by atoms with van der Waals surface area (Å²) in [6.07, 6.45) is 0.623. The lowest BCUT2D eigenvalue weighted by Crippen LogP contribution is -2.45. The van der Waals surface area contributed by atoms with Crippen molar-refractivity contribution in [3.05, 3.63) is 71.8 Å². The van der Waals surface area contributed by atoms with Crippen LogP contribution in [0.1, 0.15) is 45.2 Å². The molecule has 0 aliphatic carbocycles. The minimum Gasteiger partial charge on any atom is -0.380 e. The summed E-state index contributed by atoms with van der Waals surface area (Å²) in [6.45, 7) is 8.57. The Morgan fingerprint density at radius 1 is 0.864 bits per heavy atom. The number of nitrogens with one attached hydrogen (secondary N) is 1. The van der Waals surface area contributed by atoms with Gasteiger partial charge in [-0.3, -0.25) is 0 Å². The van der Waals surface area contributed by atoms with Gasteiger partial charge in [-0.25, -0.2) is 0 Å². The molecule has 2 heteroatoms. The molecule has 2 N–H and O–H groups in total. The van der Waals surface area contributed by atoms with Crippen LogP contribution < -0.4 is 5.32 Å². The van der Waals surface area contributed by atoms with E-state index in [0.29, 0.717) is 6.42 Å². The number of hydrogen-bond donors (Lipinski definition) is 2. The second-order valence-electron chi connectivity index (χ2n) is 7.09. The van der Waals surface area contributed by atoms with Crippen molar-refractivity contribution < 1.29 is 5.11 Å². The Kier molecular flexibility index (Phi) is 5.05. The van der Waals surface area contributed by atoms with E-state index in [9.17, 15) is 5.11 Å². The van der Waals surface area contributed by atoms with Crippen LogP contribution in [0.2, 0.25) is 0 Å². The van der Waals surface area contributed by atoms with Crippen LogP contribution in [-0.2, 0) is 5.60 Å². The van der Waals surface area contributed by atoms with Crippen LogP contribution in [0.15, 0.2) is 60.7 Å². The minimum absolute atomic E-state index is 0.0215. The first-order valence-electron chi connectivity index (χ1n) is 7.92. The van der Waals surface area contributed by atoms with Crippen molar-refractivity contribution in [3.63, 3.8) is 0 Å². The Morgan fingerprint density at radius 3 is 1.64 bits per heavy atom. The Labute approximate surface area is 134 Å². The molecule has 0 bridgehead atoms. The zero-order valence-corrected chi connectivity index (χ0v) is 14.0. The molecule has 0 fully saturated rings. The first-order chi connectivity index (χ1) is 10.3. The van der Waals surface area contributed by atoms with E-state index in [-0.39, 0.29) is 11.6 Å². The molecule has 0 amide bonds. The molecule has 0 saturated carbocycles. The van der Waals surface area contributed by atoms with E-state index < -0.39 is 5.60 Å². The summed E-state index contributed by atoms with van der Waals surface area (Å²) in [5.41, 5.74) is 0.904. The SMILES string of the molecule is CC(CC(O)(c1ccccc1)c1ccccc1)NC(C)(C)C. The van der Waals surface area contributed by atoms with Crippen LogP contribution in [0.25, 0.3) is 0 Å². The van der Waals surface area contributed by atoms with E-state index >= 15 is 0 Å². The maximum atomic E-state index is 11.5. The zero-order valence-electron chi connectivity index (χ0n) is 14.0. The molecule has 0 radical (unpaired) electrons. The van der Waals surface area contributed by atoms with Crippen molar-refractivity contribution in [2.45, 2.75) is 51.3 Å². The summed E-state index contributed by atoms with van der Waals surface area (Å²) in [6, 6.07) is 20.0. The number of aliphatic hydroxyl groups is 1. The first-order valence-corrected chi connectivity index (χ1v) is 7.92. The highest BCUT2D eigenvalue weighted by Crippen LogP contribution is 2.34. The van der Waals surface area contributed by atoms with E-state index in [0.717, 1.165) is 11.1 Å². The standard InChI is InChI=1S/C20H27NO/c1-16(21-19(2,3)4)15-20(22,17-11-7-5-8-12-17)18-13-9-6-10-14-18/h5-14,16,21-22H,15H2,1-4H3. The fraction of sp³-hybridized carbons (Fsp3) is 0.400. The normalized spacial score (nSPS) is 13.9. The third-order valence-corrected chi connectivity index (χ3v) is 3.78. The number of benzene rings is 2. The van der Waals surface area contributed by atoms with Crippen LogP contribution in [0.4, 0.5) is 0 Å². The van der Waals surface area contributed by atoms with Gasteiger partial charge in [-0.05, 0) is 45.2 Å². The fourth-order valence-corrected chi connectivity index (χ4v) is 3.06. The summed E-state index contributed by atoms with van der Waals surface area (Å²) in [5.74, 6) is 0. The predicted molar refractivity (Wildman–Crippen MR) is 92.9 cm³/mol. The van der Waals surface area contributed by atoms with Gasteiger partial charge in [-0.2, -0.15) is 0 Å². The van der Waals surface area contributed by atoms with E-state index in [1.165, 1.54) is 0 Å². The fourth-order valence-electron chi connectivity index (χ4n) is 3.06. The maximum absolute atomic E-state index is 11.5. The highest BCUT2D eigenvalue weighted by molar-refractivity contribution is 5.36. The largest absolute Gasteiger partial charge is 0.380 e. The van der Waals surface area contributed by atoms with Gasteiger partial charge in [0.2, 0.25) is 0 Å². The number of hydrogen-bond acceptors (Lipinski definition) is 2. The monoisotopic (exact) mass is 297 g/mol. The Morgan fingerprint density at radius 2 is 1.27 bits per heavy atom. The molecule has 2 aromatic rings. The molecule has 0 aliphatic heterocycles. The van der Waals surface area contributed by atoms with Crippen molar-refractivity contribution >= 4 is 0 Å². The predicted octanol–water partition coefficient (Wildman–Crippen LogP) is 4.09. The molecular weight excluding hydrogens is 270 g/mol. The molecule has 22 heavy (non-hydrogen) atoms. The lowest BCUT2D eigenvalue weighted by Gasteiger charge is -2.35. The summed E-state index contributed by atoms with van der Waals surface area (Å²) < 4.78 is 0. The Balaban J connectivity index is 2.35. The third kappa shape index (κ3) is 4.19. The molecule has 2 nitrogen and oxygen atoms in total. The van der Waals surface area contributed by atoms with Gasteiger partial charge in [0.25, 0.3) is 0 Å². The topological polar surface area (TPSA) is 32.3 Å². The molecule has 0 aromatic heterocycles. The molecule has 2 aromatic carbocycles. The average Bonchev–Trinajstić information content (AvgIpc) is 2.47. The first kappa shape index (κ1) is 16.7. The van der Waals surface area contributed by atoms with E-state index in [1.54, 1.807) is 0 Å². The van der Waals surface area contributed by atoms with Crippen molar-refractivity contribution in [1.29, 1.82) is 0 Å². The highest BCUT2D eigenvalue weighted by atomic mass is 16.3. The van der Waals surface area contributed by atoms with E-state index in [2.05, 4.69) is 33.0 Å². The van der Waals surface area contributed by atoms with Gasteiger partial charge < -0.3 is 10.4 Å². The third-order valence-electron chi connectivity index (χ3n) is 3.78. The number of rotatable bonds is 5. The minimum atomic E-state index is -0.986. The Bertz CT molecular complexity index is 532. The van der Waals surface area contributed by atoms with Crippen molar-refractivity contribution in [2.24, 2.45) is 0 Å². The van der Waals surface area contributed by atoms with Crippen LogP contribution in [-0.4, -0.2) is 16.7 Å². The Hall–Kier alpha value is -1.64. The van der Waals surface area contributed by atoms with Gasteiger partial charge in [0, 0.05) is 11.6 Å². The molecular formula is C20H27NO. The van der Waals surface area contributed by atoms with Crippen molar-refractivity contribution in [2.75, 3.05) is 0 Å². The van der Waals surface area contributed by atoms with Gasteiger partial charge in [0.05, 0.1) is 0 Å². The molecule has 0 heterocycles. The smallest absolute Gasteiger partial charge is 0.116 e. The van der Waals surface area contributed by atoms with Crippen LogP contribution in [0.3, 0.4) is 0 Å². The summed E-state index contributed by atoms with van der Waals surface area (Å²) in [4.78, 5) is 0. The van der Waals surface area contributed by atoms with E-state index in [1.807, 2.05) is 60.7 Å². The lowest BCUT2D eigenvalue weighted by molar-refractivity contribution is 0.0577. The van der Waals surface area contributed by atoms with Crippen LogP contribution in [0, 0.1) is 0 Å². The van der Waals surface area contributed by atoms with Crippen molar-refractivity contribution in [1.82, 2.24) is 5.32 Å². The molecule has 0 saturated heterocycles. The van der Waals surface area contributed by atoms with Gasteiger partial charge in [0.15, 0.2) is 0 Å². The van der Waals surface area contributed by atoms with Gasteiger partial charge in [-0.15, -0.1) is 0 Å². The summed E-state index contributed by atoms with van der Waals surface area (Å²) in [7, 11) is 0. The summed E-state index contributed by atoms with van der Waals surface area (Å²) in [5, 5.41) is 15.0. The lowest BCUT2D eigenvalue weighted by atomic mass is 9.81.